The summed E-state index contributed by atoms with van der Waals surface area (Å²) in [6, 6.07) is 7.27. The lowest BCUT2D eigenvalue weighted by Crippen LogP contribution is -2.33. The van der Waals surface area contributed by atoms with Gasteiger partial charge in [0.05, 0.1) is 11.5 Å². The molecule has 0 amide bonds. The van der Waals surface area contributed by atoms with Gasteiger partial charge in [-0.2, -0.15) is 5.10 Å². The van der Waals surface area contributed by atoms with Crippen molar-refractivity contribution in [1.82, 2.24) is 10.2 Å². The number of para-hydroxylation sites is 1. The lowest BCUT2D eigenvalue weighted by atomic mass is 9.93. The van der Waals surface area contributed by atoms with Gasteiger partial charge in [0.2, 0.25) is 0 Å². The van der Waals surface area contributed by atoms with Crippen molar-refractivity contribution >= 4 is 11.4 Å². The fourth-order valence-electron chi connectivity index (χ4n) is 3.15. The molecule has 0 unspecified atom stereocenters. The molecule has 1 aliphatic heterocycles. The van der Waals surface area contributed by atoms with Crippen LogP contribution in [0.15, 0.2) is 30.5 Å². The highest BCUT2D eigenvalue weighted by molar-refractivity contribution is 5.70. The lowest BCUT2D eigenvalue weighted by Gasteiger charge is -2.33. The van der Waals surface area contributed by atoms with Gasteiger partial charge >= 0.3 is 5.69 Å². The van der Waals surface area contributed by atoms with Crippen molar-refractivity contribution in [2.75, 3.05) is 24.6 Å². The molecule has 1 aromatic carbocycles. The molecule has 2 heterocycles. The first-order chi connectivity index (χ1) is 11.2. The zero-order valence-corrected chi connectivity index (χ0v) is 13.1. The summed E-state index contributed by atoms with van der Waals surface area (Å²) in [6.07, 6.45) is 3.65. The van der Waals surface area contributed by atoms with Crippen LogP contribution in [0.5, 0.6) is 5.75 Å². The molecule has 0 aliphatic carbocycles. The number of aromatic amines is 1. The zero-order chi connectivity index (χ0) is 16.2. The quantitative estimate of drug-likeness (QED) is 0.677. The number of piperidine rings is 1. The molecule has 0 atom stereocenters. The van der Waals surface area contributed by atoms with Gasteiger partial charge in [-0.15, -0.1) is 0 Å². The molecule has 0 saturated carbocycles. The molecule has 1 saturated heterocycles. The Morgan fingerprint density at radius 1 is 1.39 bits per heavy atom. The molecule has 23 heavy (non-hydrogen) atoms. The van der Waals surface area contributed by atoms with E-state index in [1.165, 1.54) is 0 Å². The molecule has 7 nitrogen and oxygen atoms in total. The second-order valence-electron chi connectivity index (χ2n) is 5.59. The van der Waals surface area contributed by atoms with Crippen LogP contribution in [0.1, 0.15) is 31.4 Å². The molecule has 7 heteroatoms. The Morgan fingerprint density at radius 3 is 2.78 bits per heavy atom. The van der Waals surface area contributed by atoms with E-state index in [0.29, 0.717) is 24.0 Å². The molecule has 0 radical (unpaired) electrons. The van der Waals surface area contributed by atoms with Gasteiger partial charge in [0, 0.05) is 30.9 Å². The highest BCUT2D eigenvalue weighted by Crippen LogP contribution is 2.39. The van der Waals surface area contributed by atoms with Crippen molar-refractivity contribution in [3.8, 4) is 5.75 Å². The minimum absolute atomic E-state index is 0.0642. The number of H-pyrrole nitrogens is 1. The van der Waals surface area contributed by atoms with Crippen molar-refractivity contribution in [1.29, 1.82) is 0 Å². The van der Waals surface area contributed by atoms with Gasteiger partial charge < -0.3 is 9.64 Å². The largest absolute Gasteiger partial charge is 0.487 e. The number of hydrogen-bond donors (Lipinski definition) is 1. The van der Waals surface area contributed by atoms with Crippen molar-refractivity contribution in [3.05, 3.63) is 46.3 Å². The van der Waals surface area contributed by atoms with E-state index in [4.69, 9.17) is 4.74 Å². The van der Waals surface area contributed by atoms with E-state index in [0.717, 1.165) is 31.6 Å². The third-order valence-corrected chi connectivity index (χ3v) is 4.26. The maximum absolute atomic E-state index is 11.5. The van der Waals surface area contributed by atoms with Gasteiger partial charge in [-0.25, -0.2) is 0 Å². The Kier molecular flexibility index (Phi) is 4.45. The van der Waals surface area contributed by atoms with Crippen LogP contribution in [0.25, 0.3) is 0 Å². The van der Waals surface area contributed by atoms with Crippen LogP contribution in [0.3, 0.4) is 0 Å². The van der Waals surface area contributed by atoms with E-state index in [-0.39, 0.29) is 10.6 Å². The number of nitrogens with one attached hydrogen (secondary N) is 1. The number of rotatable bonds is 5. The van der Waals surface area contributed by atoms with Crippen LogP contribution in [0.4, 0.5) is 11.4 Å². The van der Waals surface area contributed by atoms with Crippen molar-refractivity contribution in [2.24, 2.45) is 0 Å². The Bertz CT molecular complexity index is 664. The van der Waals surface area contributed by atoms with Crippen LogP contribution in [0, 0.1) is 10.1 Å². The van der Waals surface area contributed by atoms with Crippen LogP contribution in [0.2, 0.25) is 0 Å². The molecule has 122 valence electrons. The number of nitro benzene ring substituents is 1. The van der Waals surface area contributed by atoms with Crippen LogP contribution in [-0.2, 0) is 0 Å². The highest BCUT2D eigenvalue weighted by Gasteiger charge is 2.28. The van der Waals surface area contributed by atoms with Crippen molar-refractivity contribution in [3.63, 3.8) is 0 Å². The zero-order valence-electron chi connectivity index (χ0n) is 13.1. The first-order valence-corrected chi connectivity index (χ1v) is 7.85. The van der Waals surface area contributed by atoms with Gasteiger partial charge in [0.1, 0.15) is 5.69 Å². The fraction of sp³-hybridized carbons (Fsp3) is 0.438. The molecule has 1 fully saturated rings. The monoisotopic (exact) mass is 316 g/mol. The van der Waals surface area contributed by atoms with Crippen LogP contribution in [-0.4, -0.2) is 34.8 Å². The maximum atomic E-state index is 11.5. The fourth-order valence-corrected chi connectivity index (χ4v) is 3.15. The minimum atomic E-state index is -0.346. The molecular formula is C16H20N4O3. The van der Waals surface area contributed by atoms with E-state index in [2.05, 4.69) is 15.1 Å². The molecule has 0 bridgehead atoms. The van der Waals surface area contributed by atoms with Gasteiger partial charge in [-0.1, -0.05) is 6.07 Å². The normalized spacial score (nSPS) is 15.6. The Balaban J connectivity index is 1.80. The number of ether oxygens (including phenoxy) is 1. The topological polar surface area (TPSA) is 84.3 Å². The first-order valence-electron chi connectivity index (χ1n) is 7.85. The molecule has 1 aliphatic rings. The average Bonchev–Trinajstić information content (AvgIpc) is 3.09. The summed E-state index contributed by atoms with van der Waals surface area (Å²) < 4.78 is 5.43. The van der Waals surface area contributed by atoms with E-state index in [9.17, 15) is 10.1 Å². The van der Waals surface area contributed by atoms with E-state index in [1.54, 1.807) is 18.3 Å². The Labute approximate surface area is 134 Å². The molecule has 3 rings (SSSR count). The molecule has 1 N–H and O–H groups in total. The Hall–Kier alpha value is -2.57. The SMILES string of the molecule is CCOc1cccc(N2CCC(c3ccn[nH]3)CC2)c1[N+](=O)[O-]. The number of benzene rings is 1. The lowest BCUT2D eigenvalue weighted by molar-refractivity contribution is -0.385. The second-order valence-corrected chi connectivity index (χ2v) is 5.59. The number of hydrogen-bond acceptors (Lipinski definition) is 5. The minimum Gasteiger partial charge on any atom is -0.487 e. The summed E-state index contributed by atoms with van der Waals surface area (Å²) in [4.78, 5) is 13.2. The van der Waals surface area contributed by atoms with E-state index < -0.39 is 0 Å². The van der Waals surface area contributed by atoms with Crippen LogP contribution >= 0.6 is 0 Å². The predicted molar refractivity (Wildman–Crippen MR) is 87.0 cm³/mol. The van der Waals surface area contributed by atoms with Gasteiger partial charge in [0.25, 0.3) is 0 Å². The predicted octanol–water partition coefficient (Wildman–Crippen LogP) is 3.10. The highest BCUT2D eigenvalue weighted by atomic mass is 16.6. The third kappa shape index (κ3) is 3.13. The van der Waals surface area contributed by atoms with Crippen LogP contribution < -0.4 is 9.64 Å². The average molecular weight is 316 g/mol. The Morgan fingerprint density at radius 2 is 2.17 bits per heavy atom. The maximum Gasteiger partial charge on any atom is 0.333 e. The smallest absolute Gasteiger partial charge is 0.333 e. The summed E-state index contributed by atoms with van der Waals surface area (Å²) in [5, 5.41) is 18.5. The number of nitro groups is 1. The first kappa shape index (κ1) is 15.3. The molecular weight excluding hydrogens is 296 g/mol. The summed E-state index contributed by atoms with van der Waals surface area (Å²) in [5.41, 5.74) is 1.85. The number of aromatic nitrogens is 2. The van der Waals surface area contributed by atoms with E-state index in [1.807, 2.05) is 19.1 Å². The van der Waals surface area contributed by atoms with Crippen molar-refractivity contribution in [2.45, 2.75) is 25.7 Å². The van der Waals surface area contributed by atoms with Crippen molar-refractivity contribution < 1.29 is 9.66 Å². The van der Waals surface area contributed by atoms with Gasteiger partial charge in [-0.3, -0.25) is 15.2 Å². The summed E-state index contributed by atoms with van der Waals surface area (Å²) >= 11 is 0. The van der Waals surface area contributed by atoms with Gasteiger partial charge in [0.15, 0.2) is 5.75 Å². The molecule has 1 aromatic heterocycles. The summed E-state index contributed by atoms with van der Waals surface area (Å²) in [7, 11) is 0. The molecule has 0 spiro atoms. The molecule has 2 aromatic rings. The second kappa shape index (κ2) is 6.68. The standard InChI is InChI=1S/C16H20N4O3/c1-2-23-15-5-3-4-14(16(15)20(21)22)19-10-7-12(8-11-19)13-6-9-17-18-13/h3-6,9,12H,2,7-8,10-11H2,1H3,(H,17,18). The third-order valence-electron chi connectivity index (χ3n) is 4.26. The van der Waals surface area contributed by atoms with E-state index >= 15 is 0 Å². The summed E-state index contributed by atoms with van der Waals surface area (Å²) in [6.45, 7) is 3.79. The number of nitrogens with zero attached hydrogens (tertiary/aromatic N) is 3. The summed E-state index contributed by atoms with van der Waals surface area (Å²) in [5.74, 6) is 0.772. The van der Waals surface area contributed by atoms with Gasteiger partial charge in [-0.05, 0) is 38.0 Å². The number of anilines is 1.